The Morgan fingerprint density at radius 3 is 2.48 bits per heavy atom. The standard InChI is InChI=1S/C18H30O5/c1-3-4-5-6-7-8-9-10-14-13-16(20)17(18(21)23-14)15(19)11-12-22-2/h14,20H,3-13H2,1-2H3. The van der Waals surface area contributed by atoms with Crippen LogP contribution in [-0.4, -0.2) is 36.7 Å². The summed E-state index contributed by atoms with van der Waals surface area (Å²) in [4.78, 5) is 23.8. The predicted molar refractivity (Wildman–Crippen MR) is 88.3 cm³/mol. The zero-order chi connectivity index (χ0) is 17.1. The number of ether oxygens (including phenoxy) is 2. The van der Waals surface area contributed by atoms with Crippen LogP contribution in [0.15, 0.2) is 11.3 Å². The van der Waals surface area contributed by atoms with E-state index in [1.165, 1.54) is 39.2 Å². The van der Waals surface area contributed by atoms with E-state index in [0.29, 0.717) is 0 Å². The van der Waals surface area contributed by atoms with E-state index in [-0.39, 0.29) is 36.9 Å². The Kier molecular flexibility index (Phi) is 9.60. The maximum absolute atomic E-state index is 11.9. The molecular formula is C18H30O5. The van der Waals surface area contributed by atoms with Gasteiger partial charge in [0, 0.05) is 20.0 Å². The molecule has 0 spiro atoms. The molecule has 1 aliphatic rings. The van der Waals surface area contributed by atoms with Gasteiger partial charge in [-0.15, -0.1) is 0 Å². The second-order valence-electron chi connectivity index (χ2n) is 6.13. The van der Waals surface area contributed by atoms with E-state index in [1.54, 1.807) is 0 Å². The summed E-state index contributed by atoms with van der Waals surface area (Å²) in [5.41, 5.74) is -0.196. The van der Waals surface area contributed by atoms with Gasteiger partial charge in [0.05, 0.1) is 6.61 Å². The Balaban J connectivity index is 2.33. The second kappa shape index (κ2) is 11.2. The van der Waals surface area contributed by atoms with Gasteiger partial charge in [0.2, 0.25) is 0 Å². The van der Waals surface area contributed by atoms with E-state index in [1.807, 2.05) is 0 Å². The van der Waals surface area contributed by atoms with Gasteiger partial charge in [-0.25, -0.2) is 4.79 Å². The van der Waals surface area contributed by atoms with Crippen LogP contribution in [0.1, 0.15) is 71.1 Å². The van der Waals surface area contributed by atoms with E-state index < -0.39 is 11.8 Å². The Morgan fingerprint density at radius 2 is 1.87 bits per heavy atom. The van der Waals surface area contributed by atoms with Crippen molar-refractivity contribution in [1.29, 1.82) is 0 Å². The summed E-state index contributed by atoms with van der Waals surface area (Å²) in [5, 5.41) is 10.00. The first-order valence-electron chi connectivity index (χ1n) is 8.75. The number of carbonyl (C=O) groups is 2. The highest BCUT2D eigenvalue weighted by molar-refractivity contribution is 6.18. The number of methoxy groups -OCH3 is 1. The number of cyclic esters (lactones) is 1. The van der Waals surface area contributed by atoms with E-state index in [9.17, 15) is 14.7 Å². The molecule has 1 aliphatic heterocycles. The molecule has 0 bridgehead atoms. The van der Waals surface area contributed by atoms with Gasteiger partial charge in [-0.2, -0.15) is 0 Å². The topological polar surface area (TPSA) is 72.8 Å². The van der Waals surface area contributed by atoms with Gasteiger partial charge in [-0.3, -0.25) is 4.79 Å². The van der Waals surface area contributed by atoms with Crippen LogP contribution in [0.5, 0.6) is 0 Å². The molecule has 0 saturated heterocycles. The molecule has 5 heteroatoms. The van der Waals surface area contributed by atoms with Crippen molar-refractivity contribution in [3.05, 3.63) is 11.3 Å². The van der Waals surface area contributed by atoms with Crippen LogP contribution < -0.4 is 0 Å². The SMILES string of the molecule is CCCCCCCCCC1CC(O)=C(C(=O)CCOC)C(=O)O1. The maximum atomic E-state index is 11.9. The number of aliphatic hydroxyl groups excluding tert-OH is 1. The fourth-order valence-electron chi connectivity index (χ4n) is 2.77. The third kappa shape index (κ3) is 7.16. The monoisotopic (exact) mass is 326 g/mol. The third-order valence-corrected chi connectivity index (χ3v) is 4.13. The molecule has 5 nitrogen and oxygen atoms in total. The molecule has 0 aromatic carbocycles. The first kappa shape index (κ1) is 19.7. The summed E-state index contributed by atoms with van der Waals surface area (Å²) in [6.45, 7) is 2.43. The molecule has 0 aromatic heterocycles. The number of rotatable bonds is 12. The van der Waals surface area contributed by atoms with Crippen molar-refractivity contribution in [2.45, 2.75) is 77.2 Å². The first-order valence-corrected chi connectivity index (χ1v) is 8.75. The molecule has 0 amide bonds. The minimum Gasteiger partial charge on any atom is -0.511 e. The number of ketones is 1. The molecule has 23 heavy (non-hydrogen) atoms. The average Bonchev–Trinajstić information content (AvgIpc) is 2.51. The Morgan fingerprint density at radius 1 is 1.22 bits per heavy atom. The highest BCUT2D eigenvalue weighted by atomic mass is 16.5. The lowest BCUT2D eigenvalue weighted by Crippen LogP contribution is -2.30. The fraction of sp³-hybridized carbons (Fsp3) is 0.778. The van der Waals surface area contributed by atoms with Crippen LogP contribution in [0.4, 0.5) is 0 Å². The fourth-order valence-corrected chi connectivity index (χ4v) is 2.77. The molecule has 0 aromatic rings. The van der Waals surface area contributed by atoms with Crippen molar-refractivity contribution in [2.24, 2.45) is 0 Å². The number of hydrogen-bond acceptors (Lipinski definition) is 5. The summed E-state index contributed by atoms with van der Waals surface area (Å²) < 4.78 is 10.1. The number of hydrogen-bond donors (Lipinski definition) is 1. The van der Waals surface area contributed by atoms with Gasteiger partial charge in [0.25, 0.3) is 0 Å². The van der Waals surface area contributed by atoms with Crippen molar-refractivity contribution in [2.75, 3.05) is 13.7 Å². The Labute approximate surface area is 139 Å². The van der Waals surface area contributed by atoms with Crippen LogP contribution in [-0.2, 0) is 19.1 Å². The number of esters is 1. The summed E-state index contributed by atoms with van der Waals surface area (Å²) in [5.74, 6) is -1.23. The van der Waals surface area contributed by atoms with Crippen molar-refractivity contribution >= 4 is 11.8 Å². The highest BCUT2D eigenvalue weighted by Gasteiger charge is 2.32. The Bertz CT molecular complexity index is 414. The third-order valence-electron chi connectivity index (χ3n) is 4.13. The second-order valence-corrected chi connectivity index (χ2v) is 6.13. The Hall–Kier alpha value is -1.36. The molecule has 132 valence electrons. The minimum atomic E-state index is -0.692. The van der Waals surface area contributed by atoms with Gasteiger partial charge >= 0.3 is 5.97 Å². The molecule has 0 fully saturated rings. The van der Waals surface area contributed by atoms with Gasteiger partial charge in [-0.1, -0.05) is 45.4 Å². The molecule has 1 rings (SSSR count). The smallest absolute Gasteiger partial charge is 0.345 e. The highest BCUT2D eigenvalue weighted by Crippen LogP contribution is 2.25. The molecular weight excluding hydrogens is 296 g/mol. The van der Waals surface area contributed by atoms with Crippen LogP contribution in [0.2, 0.25) is 0 Å². The molecule has 1 atom stereocenters. The molecule has 0 aliphatic carbocycles. The van der Waals surface area contributed by atoms with Crippen molar-refractivity contribution in [3.8, 4) is 0 Å². The first-order chi connectivity index (χ1) is 11.1. The number of aliphatic hydroxyl groups is 1. The molecule has 1 heterocycles. The van der Waals surface area contributed by atoms with Gasteiger partial charge < -0.3 is 14.6 Å². The summed E-state index contributed by atoms with van der Waals surface area (Å²) in [7, 11) is 1.49. The van der Waals surface area contributed by atoms with Crippen molar-refractivity contribution in [1.82, 2.24) is 0 Å². The summed E-state index contributed by atoms with van der Waals surface area (Å²) in [6, 6.07) is 0. The van der Waals surface area contributed by atoms with Gasteiger partial charge in [0.15, 0.2) is 5.78 Å². The quantitative estimate of drug-likeness (QED) is 0.335. The zero-order valence-electron chi connectivity index (χ0n) is 14.4. The lowest BCUT2D eigenvalue weighted by Gasteiger charge is -2.24. The normalized spacial score (nSPS) is 18.2. The van der Waals surface area contributed by atoms with E-state index in [0.717, 1.165) is 19.3 Å². The lowest BCUT2D eigenvalue weighted by molar-refractivity contribution is -0.148. The van der Waals surface area contributed by atoms with E-state index in [2.05, 4.69) is 6.92 Å². The number of Topliss-reactive ketones (excluding diaryl/α,β-unsaturated/α-hetero) is 1. The molecule has 0 radical (unpaired) electrons. The number of unbranched alkanes of at least 4 members (excludes halogenated alkanes) is 6. The largest absolute Gasteiger partial charge is 0.511 e. The predicted octanol–water partition coefficient (Wildman–Crippen LogP) is 3.86. The summed E-state index contributed by atoms with van der Waals surface area (Å²) >= 11 is 0. The van der Waals surface area contributed by atoms with Crippen LogP contribution in [0.3, 0.4) is 0 Å². The molecule has 0 saturated carbocycles. The van der Waals surface area contributed by atoms with Crippen molar-refractivity contribution in [3.63, 3.8) is 0 Å². The molecule has 1 N–H and O–H groups in total. The van der Waals surface area contributed by atoms with Gasteiger partial charge in [0.1, 0.15) is 17.4 Å². The maximum Gasteiger partial charge on any atom is 0.345 e. The van der Waals surface area contributed by atoms with E-state index in [4.69, 9.17) is 9.47 Å². The van der Waals surface area contributed by atoms with Crippen LogP contribution in [0, 0.1) is 0 Å². The minimum absolute atomic E-state index is 0.0768. The molecule has 1 unspecified atom stereocenters. The average molecular weight is 326 g/mol. The van der Waals surface area contributed by atoms with Crippen molar-refractivity contribution < 1.29 is 24.2 Å². The number of carbonyl (C=O) groups excluding carboxylic acids is 2. The summed E-state index contributed by atoms with van der Waals surface area (Å²) in [6.07, 6.45) is 9.11. The van der Waals surface area contributed by atoms with Crippen LogP contribution >= 0.6 is 0 Å². The van der Waals surface area contributed by atoms with Gasteiger partial charge in [-0.05, 0) is 12.8 Å². The lowest BCUT2D eigenvalue weighted by atomic mass is 9.98. The zero-order valence-corrected chi connectivity index (χ0v) is 14.4. The van der Waals surface area contributed by atoms with E-state index >= 15 is 0 Å². The van der Waals surface area contributed by atoms with Crippen LogP contribution in [0.25, 0.3) is 0 Å².